The van der Waals surface area contributed by atoms with Crippen molar-refractivity contribution in [3.05, 3.63) is 53.4 Å². The first-order valence-corrected chi connectivity index (χ1v) is 6.21. The second kappa shape index (κ2) is 3.92. The van der Waals surface area contributed by atoms with Crippen molar-refractivity contribution in [2.24, 2.45) is 7.05 Å². The number of allylic oxidation sites excluding steroid dienone is 1. The third-order valence-corrected chi connectivity index (χ3v) is 3.56. The number of nitrogens with zero attached hydrogens (tertiary/aromatic N) is 1. The van der Waals surface area contributed by atoms with Crippen molar-refractivity contribution in [3.63, 3.8) is 0 Å². The van der Waals surface area contributed by atoms with E-state index in [1.54, 1.807) is 5.57 Å². The van der Waals surface area contributed by atoms with Crippen molar-refractivity contribution < 1.29 is 0 Å². The molecule has 1 aromatic heterocycles. The van der Waals surface area contributed by atoms with Crippen LogP contribution in [0, 0.1) is 0 Å². The molecule has 0 fully saturated rings. The average Bonchev–Trinajstić information content (AvgIpc) is 2.93. The Labute approximate surface area is 102 Å². The predicted molar refractivity (Wildman–Crippen MR) is 72.8 cm³/mol. The van der Waals surface area contributed by atoms with Crippen molar-refractivity contribution >= 4 is 6.08 Å². The number of aryl methyl sites for hydroxylation is 1. The summed E-state index contributed by atoms with van der Waals surface area (Å²) in [5, 5.41) is 0. The van der Waals surface area contributed by atoms with Crippen molar-refractivity contribution in [2.75, 3.05) is 0 Å². The molecular formula is C16H17N. The lowest BCUT2D eigenvalue weighted by Crippen LogP contribution is -1.86. The summed E-state index contributed by atoms with van der Waals surface area (Å²) in [6.07, 6.45) is 8.95. The minimum Gasteiger partial charge on any atom is -0.357 e. The van der Waals surface area contributed by atoms with Gasteiger partial charge in [-0.25, -0.2) is 0 Å². The van der Waals surface area contributed by atoms with E-state index in [4.69, 9.17) is 0 Å². The highest BCUT2D eigenvalue weighted by atomic mass is 14.9. The van der Waals surface area contributed by atoms with Crippen LogP contribution in [0.2, 0.25) is 0 Å². The summed E-state index contributed by atoms with van der Waals surface area (Å²) in [5.41, 5.74) is 7.13. The Balaban J connectivity index is 2.14. The largest absolute Gasteiger partial charge is 0.357 e. The molecule has 1 nitrogen and oxygen atoms in total. The molecule has 0 saturated heterocycles. The Kier molecular flexibility index (Phi) is 2.40. The van der Waals surface area contributed by atoms with Crippen LogP contribution in [0.4, 0.5) is 0 Å². The van der Waals surface area contributed by atoms with E-state index in [9.17, 15) is 0 Å². The van der Waals surface area contributed by atoms with E-state index in [1.807, 2.05) is 0 Å². The number of rotatable bonds is 2. The Morgan fingerprint density at radius 3 is 2.82 bits per heavy atom. The highest BCUT2D eigenvalue weighted by Gasteiger charge is 2.15. The molecule has 0 spiro atoms. The first kappa shape index (κ1) is 10.4. The summed E-state index contributed by atoms with van der Waals surface area (Å²) in [5.74, 6) is 0. The van der Waals surface area contributed by atoms with Crippen LogP contribution >= 0.6 is 0 Å². The molecule has 1 heteroatoms. The zero-order valence-electron chi connectivity index (χ0n) is 10.4. The predicted octanol–water partition coefficient (Wildman–Crippen LogP) is 4.04. The van der Waals surface area contributed by atoms with E-state index >= 15 is 0 Å². The number of benzene rings is 1. The van der Waals surface area contributed by atoms with Gasteiger partial charge in [-0.3, -0.25) is 0 Å². The fraction of sp³-hybridized carbons (Fsp3) is 0.250. The third-order valence-electron chi connectivity index (χ3n) is 3.56. The lowest BCUT2D eigenvalue weighted by atomic mass is 9.99. The zero-order valence-corrected chi connectivity index (χ0v) is 10.4. The van der Waals surface area contributed by atoms with Crippen molar-refractivity contribution in [3.8, 4) is 11.1 Å². The molecule has 1 aromatic carbocycles. The van der Waals surface area contributed by atoms with Gasteiger partial charge in [-0.1, -0.05) is 36.8 Å². The van der Waals surface area contributed by atoms with E-state index in [-0.39, 0.29) is 0 Å². The maximum Gasteiger partial charge on any atom is 0.0111 e. The van der Waals surface area contributed by atoms with E-state index in [2.05, 4.69) is 61.3 Å². The van der Waals surface area contributed by atoms with Gasteiger partial charge in [-0.2, -0.15) is 0 Å². The fourth-order valence-corrected chi connectivity index (χ4v) is 2.58. The van der Waals surface area contributed by atoms with Gasteiger partial charge in [0.05, 0.1) is 0 Å². The Bertz CT molecular complexity index is 587. The lowest BCUT2D eigenvalue weighted by molar-refractivity contribution is 0.928. The molecular weight excluding hydrogens is 206 g/mol. The molecule has 0 bridgehead atoms. The van der Waals surface area contributed by atoms with Gasteiger partial charge < -0.3 is 4.57 Å². The molecule has 0 radical (unpaired) electrons. The van der Waals surface area contributed by atoms with Crippen LogP contribution in [0.15, 0.2) is 42.2 Å². The molecule has 1 aliphatic carbocycles. The van der Waals surface area contributed by atoms with E-state index in [1.165, 1.54) is 22.3 Å². The van der Waals surface area contributed by atoms with Gasteiger partial charge in [-0.05, 0) is 41.2 Å². The van der Waals surface area contributed by atoms with Gasteiger partial charge in [0.1, 0.15) is 0 Å². The zero-order chi connectivity index (χ0) is 11.8. The molecule has 0 atom stereocenters. The minimum absolute atomic E-state index is 1.13. The van der Waals surface area contributed by atoms with Gasteiger partial charge in [0.15, 0.2) is 0 Å². The maximum atomic E-state index is 2.37. The molecule has 1 aliphatic rings. The smallest absolute Gasteiger partial charge is 0.0111 e. The average molecular weight is 223 g/mol. The highest BCUT2D eigenvalue weighted by molar-refractivity contribution is 5.80. The number of hydrogen-bond donors (Lipinski definition) is 0. The number of fused-ring (bicyclic) bond motifs is 1. The summed E-state index contributed by atoms with van der Waals surface area (Å²) in [6, 6.07) is 8.84. The summed E-state index contributed by atoms with van der Waals surface area (Å²) in [6.45, 7) is 2.24. The Morgan fingerprint density at radius 2 is 2.12 bits per heavy atom. The van der Waals surface area contributed by atoms with E-state index < -0.39 is 0 Å². The SMILES string of the molecule is CCC1=Cc2c(cccc2-c2ccn(C)c2)C1. The molecule has 17 heavy (non-hydrogen) atoms. The van der Waals surface area contributed by atoms with Crippen LogP contribution in [0.1, 0.15) is 24.5 Å². The molecule has 86 valence electrons. The van der Waals surface area contributed by atoms with Crippen molar-refractivity contribution in [2.45, 2.75) is 19.8 Å². The summed E-state index contributed by atoms with van der Waals surface area (Å²) in [4.78, 5) is 0. The number of hydrogen-bond acceptors (Lipinski definition) is 0. The summed E-state index contributed by atoms with van der Waals surface area (Å²) < 4.78 is 2.11. The van der Waals surface area contributed by atoms with Crippen molar-refractivity contribution in [1.29, 1.82) is 0 Å². The molecule has 3 rings (SSSR count). The van der Waals surface area contributed by atoms with E-state index in [0.29, 0.717) is 0 Å². The van der Waals surface area contributed by atoms with Crippen LogP contribution in [0.5, 0.6) is 0 Å². The Hall–Kier alpha value is -1.76. The van der Waals surface area contributed by atoms with Crippen LogP contribution in [0.25, 0.3) is 17.2 Å². The molecule has 2 aromatic rings. The van der Waals surface area contributed by atoms with Crippen LogP contribution in [-0.4, -0.2) is 4.57 Å². The van der Waals surface area contributed by atoms with Gasteiger partial charge in [-0.15, -0.1) is 0 Å². The molecule has 0 amide bonds. The monoisotopic (exact) mass is 223 g/mol. The van der Waals surface area contributed by atoms with Gasteiger partial charge in [0.2, 0.25) is 0 Å². The fourth-order valence-electron chi connectivity index (χ4n) is 2.58. The molecule has 0 N–H and O–H groups in total. The second-order valence-electron chi connectivity index (χ2n) is 4.78. The first-order chi connectivity index (χ1) is 8.28. The quantitative estimate of drug-likeness (QED) is 0.724. The second-order valence-corrected chi connectivity index (χ2v) is 4.78. The Morgan fingerprint density at radius 1 is 1.24 bits per heavy atom. The molecule has 0 aliphatic heterocycles. The lowest BCUT2D eigenvalue weighted by Gasteiger charge is -2.05. The topological polar surface area (TPSA) is 4.93 Å². The molecule has 0 unspecified atom stereocenters. The van der Waals surface area contributed by atoms with Gasteiger partial charge in [0, 0.05) is 19.4 Å². The normalized spacial score (nSPS) is 13.6. The van der Waals surface area contributed by atoms with Crippen LogP contribution in [0.3, 0.4) is 0 Å². The van der Waals surface area contributed by atoms with Crippen LogP contribution in [-0.2, 0) is 13.5 Å². The summed E-state index contributed by atoms with van der Waals surface area (Å²) >= 11 is 0. The van der Waals surface area contributed by atoms with Gasteiger partial charge >= 0.3 is 0 Å². The van der Waals surface area contributed by atoms with Gasteiger partial charge in [0.25, 0.3) is 0 Å². The van der Waals surface area contributed by atoms with Crippen LogP contribution < -0.4 is 0 Å². The van der Waals surface area contributed by atoms with E-state index in [0.717, 1.165) is 12.8 Å². The van der Waals surface area contributed by atoms with Crippen molar-refractivity contribution in [1.82, 2.24) is 4.57 Å². The number of aromatic nitrogens is 1. The summed E-state index contributed by atoms with van der Waals surface area (Å²) in [7, 11) is 2.07. The molecule has 1 heterocycles. The maximum absolute atomic E-state index is 2.37. The highest BCUT2D eigenvalue weighted by Crippen LogP contribution is 2.34. The minimum atomic E-state index is 1.13. The molecule has 0 saturated carbocycles. The first-order valence-electron chi connectivity index (χ1n) is 6.21. The standard InChI is InChI=1S/C16H17N/c1-3-12-9-13-5-4-6-15(16(13)10-12)14-7-8-17(2)11-14/h4-8,10-11H,3,9H2,1-2H3. The third kappa shape index (κ3) is 1.72.